The van der Waals surface area contributed by atoms with Crippen LogP contribution in [0.1, 0.15) is 12.8 Å². The number of rotatable bonds is 6. The fourth-order valence-electron chi connectivity index (χ4n) is 3.34. The molecule has 2 heterocycles. The largest absolute Gasteiger partial charge is 0.493 e. The Labute approximate surface area is 168 Å². The summed E-state index contributed by atoms with van der Waals surface area (Å²) >= 11 is 0. The van der Waals surface area contributed by atoms with Crippen LogP contribution in [0.2, 0.25) is 0 Å². The molecule has 1 aliphatic carbocycles. The zero-order chi connectivity index (χ0) is 20.9. The van der Waals surface area contributed by atoms with Crippen LogP contribution in [0, 0.1) is 5.92 Å². The fourth-order valence-corrected chi connectivity index (χ4v) is 4.17. The average molecular weight is 417 g/mol. The number of benzene rings is 1. The second kappa shape index (κ2) is 6.91. The third-order valence-corrected chi connectivity index (χ3v) is 6.13. The normalized spacial score (nSPS) is 14.3. The first-order valence-corrected chi connectivity index (χ1v) is 11.2. The van der Waals surface area contributed by atoms with Crippen LogP contribution in [0.4, 0.5) is 0 Å². The van der Waals surface area contributed by atoms with E-state index in [1.807, 2.05) is 6.07 Å². The lowest BCUT2D eigenvalue weighted by Crippen LogP contribution is -2.17. The minimum Gasteiger partial charge on any atom is -0.493 e. The van der Waals surface area contributed by atoms with E-state index in [1.54, 1.807) is 37.1 Å². The number of aryl methyl sites for hydroxylation is 2. The maximum Gasteiger partial charge on any atom is 0.292 e. The van der Waals surface area contributed by atoms with Gasteiger partial charge < -0.3 is 14.0 Å². The molecule has 1 saturated carbocycles. The van der Waals surface area contributed by atoms with Gasteiger partial charge in [-0.2, -0.15) is 5.10 Å². The van der Waals surface area contributed by atoms with Crippen LogP contribution >= 0.6 is 0 Å². The summed E-state index contributed by atoms with van der Waals surface area (Å²) in [7, 11) is 1.27. The van der Waals surface area contributed by atoms with Gasteiger partial charge in [0.2, 0.25) is 0 Å². The quantitative estimate of drug-likeness (QED) is 0.610. The Balaban J connectivity index is 1.98. The number of fused-ring (bicyclic) bond motifs is 1. The minimum absolute atomic E-state index is 0.0155. The van der Waals surface area contributed by atoms with Gasteiger partial charge in [0, 0.05) is 49.1 Å². The minimum atomic E-state index is -3.52. The number of pyridine rings is 1. The van der Waals surface area contributed by atoms with E-state index < -0.39 is 9.84 Å². The predicted molar refractivity (Wildman–Crippen MR) is 109 cm³/mol. The van der Waals surface area contributed by atoms with Crippen LogP contribution in [0.5, 0.6) is 11.5 Å². The lowest BCUT2D eigenvalue weighted by Gasteiger charge is -2.14. The van der Waals surface area contributed by atoms with Crippen molar-refractivity contribution in [2.45, 2.75) is 17.9 Å². The molecule has 0 N–H and O–H groups in total. The van der Waals surface area contributed by atoms with Gasteiger partial charge in [-0.3, -0.25) is 9.48 Å². The van der Waals surface area contributed by atoms with Gasteiger partial charge in [0.05, 0.1) is 19.2 Å². The molecule has 1 aliphatic rings. The third kappa shape index (κ3) is 3.62. The summed E-state index contributed by atoms with van der Waals surface area (Å²) in [5.41, 5.74) is 1.79. The molecule has 3 aromatic rings. The van der Waals surface area contributed by atoms with E-state index >= 15 is 0 Å². The predicted octanol–water partition coefficient (Wildman–Crippen LogP) is 2.14. The standard InChI is InChI=1S/C20H23N3O5S/c1-22-10-13(7-18(27-3)20(22)24)14-8-15-16(9-17(14)28-11-12-5-6-12)23(2)21-19(15)29(4,25)26/h7-10,12H,5-6,11H2,1-4H3. The Morgan fingerprint density at radius 1 is 1.17 bits per heavy atom. The highest BCUT2D eigenvalue weighted by atomic mass is 32.2. The molecule has 4 rings (SSSR count). The molecular formula is C20H23N3O5S. The molecule has 0 bridgehead atoms. The summed E-state index contributed by atoms with van der Waals surface area (Å²) in [5.74, 6) is 1.37. The average Bonchev–Trinajstić information content (AvgIpc) is 3.43. The van der Waals surface area contributed by atoms with Gasteiger partial charge in [-0.1, -0.05) is 0 Å². The number of methoxy groups -OCH3 is 1. The van der Waals surface area contributed by atoms with Crippen molar-refractivity contribution >= 4 is 20.7 Å². The molecule has 2 aromatic heterocycles. The van der Waals surface area contributed by atoms with Crippen LogP contribution in [0.25, 0.3) is 22.0 Å². The number of sulfone groups is 1. The van der Waals surface area contributed by atoms with E-state index in [0.717, 1.165) is 19.1 Å². The van der Waals surface area contributed by atoms with Crippen LogP contribution < -0.4 is 15.0 Å². The smallest absolute Gasteiger partial charge is 0.292 e. The highest BCUT2D eigenvalue weighted by molar-refractivity contribution is 7.90. The molecule has 0 unspecified atom stereocenters. The van der Waals surface area contributed by atoms with Gasteiger partial charge in [-0.15, -0.1) is 0 Å². The van der Waals surface area contributed by atoms with Crippen LogP contribution in [0.15, 0.2) is 34.2 Å². The van der Waals surface area contributed by atoms with Crippen molar-refractivity contribution in [2.75, 3.05) is 20.0 Å². The lowest BCUT2D eigenvalue weighted by molar-refractivity contribution is 0.301. The molecule has 0 amide bonds. The van der Waals surface area contributed by atoms with Crippen LogP contribution in [-0.2, 0) is 23.9 Å². The first-order chi connectivity index (χ1) is 13.7. The molecule has 29 heavy (non-hydrogen) atoms. The van der Waals surface area contributed by atoms with Gasteiger partial charge >= 0.3 is 0 Å². The van der Waals surface area contributed by atoms with Gasteiger partial charge in [0.25, 0.3) is 5.56 Å². The summed E-state index contributed by atoms with van der Waals surface area (Å²) in [5, 5.41) is 4.73. The van der Waals surface area contributed by atoms with E-state index in [4.69, 9.17) is 9.47 Å². The topological polar surface area (TPSA) is 92.4 Å². The summed E-state index contributed by atoms with van der Waals surface area (Å²) in [6.07, 6.45) is 5.12. The second-order valence-corrected chi connectivity index (χ2v) is 9.47. The van der Waals surface area contributed by atoms with E-state index in [2.05, 4.69) is 5.10 Å². The lowest BCUT2D eigenvalue weighted by atomic mass is 10.0. The molecule has 154 valence electrons. The first kappa shape index (κ1) is 19.5. The number of hydrogen-bond donors (Lipinski definition) is 0. The number of ether oxygens (including phenoxy) is 2. The zero-order valence-corrected chi connectivity index (χ0v) is 17.6. The van der Waals surface area contributed by atoms with E-state index in [-0.39, 0.29) is 16.3 Å². The molecule has 0 spiro atoms. The SMILES string of the molecule is COc1cc(-c2cc3c(S(C)(=O)=O)nn(C)c3cc2OCC2CC2)cn(C)c1=O. The van der Waals surface area contributed by atoms with E-state index in [9.17, 15) is 13.2 Å². The maximum absolute atomic E-state index is 12.2. The van der Waals surface area contributed by atoms with Crippen molar-refractivity contribution in [1.29, 1.82) is 0 Å². The second-order valence-electron chi connectivity index (χ2n) is 7.53. The van der Waals surface area contributed by atoms with Gasteiger partial charge in [-0.05, 0) is 30.9 Å². The molecule has 0 aliphatic heterocycles. The Kier molecular flexibility index (Phi) is 4.65. The van der Waals surface area contributed by atoms with E-state index in [1.165, 1.54) is 11.7 Å². The van der Waals surface area contributed by atoms with Crippen molar-refractivity contribution in [1.82, 2.24) is 14.3 Å². The first-order valence-electron chi connectivity index (χ1n) is 9.27. The Bertz CT molecular complexity index is 1270. The van der Waals surface area contributed by atoms with E-state index in [0.29, 0.717) is 40.3 Å². The fraction of sp³-hybridized carbons (Fsp3) is 0.400. The molecule has 9 heteroatoms. The van der Waals surface area contributed by atoms with Crippen molar-refractivity contribution in [3.8, 4) is 22.6 Å². The van der Waals surface area contributed by atoms with Crippen molar-refractivity contribution < 1.29 is 17.9 Å². The number of nitrogens with zero attached hydrogens (tertiary/aromatic N) is 3. The molecule has 1 fully saturated rings. The summed E-state index contributed by atoms with van der Waals surface area (Å²) in [4.78, 5) is 12.2. The third-order valence-electron chi connectivity index (χ3n) is 5.12. The molecule has 8 nitrogen and oxygen atoms in total. The van der Waals surface area contributed by atoms with Gasteiger partial charge in [-0.25, -0.2) is 8.42 Å². The number of aromatic nitrogens is 3. The highest BCUT2D eigenvalue weighted by Crippen LogP contribution is 2.38. The molecule has 0 saturated heterocycles. The Hall–Kier alpha value is -2.81. The highest BCUT2D eigenvalue weighted by Gasteiger charge is 2.25. The summed E-state index contributed by atoms with van der Waals surface area (Å²) in [6.45, 7) is 0.595. The van der Waals surface area contributed by atoms with Crippen LogP contribution in [-0.4, -0.2) is 42.7 Å². The Morgan fingerprint density at radius 2 is 1.90 bits per heavy atom. The Morgan fingerprint density at radius 3 is 2.52 bits per heavy atom. The molecule has 0 radical (unpaired) electrons. The molecule has 1 aromatic carbocycles. The van der Waals surface area contributed by atoms with Crippen molar-refractivity contribution in [3.63, 3.8) is 0 Å². The molecule has 0 atom stereocenters. The summed E-state index contributed by atoms with van der Waals surface area (Å²) in [6, 6.07) is 5.22. The monoisotopic (exact) mass is 417 g/mol. The zero-order valence-electron chi connectivity index (χ0n) is 16.8. The van der Waals surface area contributed by atoms with Gasteiger partial charge in [0.1, 0.15) is 5.75 Å². The summed E-state index contributed by atoms with van der Waals surface area (Å²) < 4.78 is 38.8. The molecular weight excluding hydrogens is 394 g/mol. The van der Waals surface area contributed by atoms with Gasteiger partial charge in [0.15, 0.2) is 20.6 Å². The number of hydrogen-bond acceptors (Lipinski definition) is 6. The maximum atomic E-state index is 12.2. The van der Waals surface area contributed by atoms with Crippen molar-refractivity contribution in [3.05, 3.63) is 34.7 Å². The van der Waals surface area contributed by atoms with Crippen LogP contribution in [0.3, 0.4) is 0 Å². The van der Waals surface area contributed by atoms with Crippen molar-refractivity contribution in [2.24, 2.45) is 20.0 Å².